The molecule has 2 aromatic heterocycles. The highest BCUT2D eigenvalue weighted by Gasteiger charge is 2.16. The molecule has 0 unspecified atom stereocenters. The second-order valence-electron chi connectivity index (χ2n) is 8.21. The van der Waals surface area contributed by atoms with Gasteiger partial charge >= 0.3 is 0 Å². The molecule has 6 nitrogen and oxygen atoms in total. The van der Waals surface area contributed by atoms with Crippen molar-refractivity contribution in [3.63, 3.8) is 0 Å². The summed E-state index contributed by atoms with van der Waals surface area (Å²) >= 11 is 0. The molecule has 0 atom stereocenters. The SMILES string of the molecule is c1ccc(C(CNc2nc(-c3ccc4[nH]nnc4c3)nc3ccccc23)c2ccccc2)cc1. The van der Waals surface area contributed by atoms with E-state index in [-0.39, 0.29) is 5.92 Å². The molecule has 0 aliphatic heterocycles. The van der Waals surface area contributed by atoms with Crippen LogP contribution in [0.25, 0.3) is 33.3 Å². The molecule has 0 amide bonds. The summed E-state index contributed by atoms with van der Waals surface area (Å²) in [6, 6.07) is 35.2. The highest BCUT2D eigenvalue weighted by molar-refractivity contribution is 5.91. The van der Waals surface area contributed by atoms with Crippen LogP contribution < -0.4 is 5.32 Å². The zero-order chi connectivity index (χ0) is 22.7. The van der Waals surface area contributed by atoms with Gasteiger partial charge in [0.2, 0.25) is 0 Å². The minimum Gasteiger partial charge on any atom is -0.368 e. The number of H-pyrrole nitrogens is 1. The minimum atomic E-state index is 0.186. The van der Waals surface area contributed by atoms with E-state index in [1.54, 1.807) is 0 Å². The molecule has 4 aromatic carbocycles. The standard InChI is InChI=1S/C28H22N6/c1-3-9-19(10-4-1)23(20-11-5-2-6-12-20)18-29-28-22-13-7-8-14-24(22)30-27(31-28)21-15-16-25-26(17-21)33-34-32-25/h1-17,23H,18H2,(H,29,30,31)(H,32,33,34). The predicted octanol–water partition coefficient (Wildman–Crippen LogP) is 5.81. The number of benzene rings is 4. The first kappa shape index (κ1) is 20.1. The van der Waals surface area contributed by atoms with Crippen LogP contribution in [0.3, 0.4) is 0 Å². The van der Waals surface area contributed by atoms with E-state index in [4.69, 9.17) is 9.97 Å². The van der Waals surface area contributed by atoms with Crippen LogP contribution in [-0.2, 0) is 0 Å². The van der Waals surface area contributed by atoms with Crippen molar-refractivity contribution in [3.05, 3.63) is 114 Å². The smallest absolute Gasteiger partial charge is 0.162 e. The van der Waals surface area contributed by atoms with Crippen LogP contribution in [0, 0.1) is 0 Å². The van der Waals surface area contributed by atoms with Crippen LogP contribution in [0.15, 0.2) is 103 Å². The third-order valence-corrected chi connectivity index (χ3v) is 6.06. The normalized spacial score (nSPS) is 11.3. The molecule has 0 saturated heterocycles. The van der Waals surface area contributed by atoms with Gasteiger partial charge in [-0.15, -0.1) is 5.10 Å². The van der Waals surface area contributed by atoms with Crippen molar-refractivity contribution >= 4 is 27.8 Å². The van der Waals surface area contributed by atoms with Crippen LogP contribution in [-0.4, -0.2) is 31.9 Å². The fourth-order valence-electron chi connectivity index (χ4n) is 4.32. The monoisotopic (exact) mass is 442 g/mol. The summed E-state index contributed by atoms with van der Waals surface area (Å²) in [7, 11) is 0. The van der Waals surface area contributed by atoms with E-state index in [0.29, 0.717) is 12.4 Å². The molecule has 34 heavy (non-hydrogen) atoms. The molecule has 164 valence electrons. The van der Waals surface area contributed by atoms with E-state index in [0.717, 1.165) is 33.3 Å². The van der Waals surface area contributed by atoms with E-state index in [1.165, 1.54) is 11.1 Å². The van der Waals surface area contributed by atoms with Crippen LogP contribution in [0.2, 0.25) is 0 Å². The van der Waals surface area contributed by atoms with Crippen molar-refractivity contribution in [1.82, 2.24) is 25.4 Å². The lowest BCUT2D eigenvalue weighted by Crippen LogP contribution is -2.15. The third kappa shape index (κ3) is 3.86. The molecule has 0 bridgehead atoms. The van der Waals surface area contributed by atoms with Crippen molar-refractivity contribution in [2.24, 2.45) is 0 Å². The molecule has 0 spiro atoms. The Morgan fingerprint density at radius 2 is 1.41 bits per heavy atom. The fraction of sp³-hybridized carbons (Fsp3) is 0.0714. The molecule has 0 aliphatic rings. The minimum absolute atomic E-state index is 0.186. The van der Waals surface area contributed by atoms with Crippen molar-refractivity contribution in [3.8, 4) is 11.4 Å². The fourth-order valence-corrected chi connectivity index (χ4v) is 4.32. The molecule has 2 N–H and O–H groups in total. The van der Waals surface area contributed by atoms with E-state index in [1.807, 2.05) is 36.4 Å². The summed E-state index contributed by atoms with van der Waals surface area (Å²) in [5, 5.41) is 15.5. The van der Waals surface area contributed by atoms with E-state index in [2.05, 4.69) is 87.5 Å². The maximum absolute atomic E-state index is 4.94. The van der Waals surface area contributed by atoms with Gasteiger partial charge in [0.05, 0.1) is 11.0 Å². The van der Waals surface area contributed by atoms with Crippen molar-refractivity contribution in [2.75, 3.05) is 11.9 Å². The number of aromatic amines is 1. The van der Waals surface area contributed by atoms with Crippen molar-refractivity contribution in [1.29, 1.82) is 0 Å². The molecule has 6 heteroatoms. The van der Waals surface area contributed by atoms with Crippen molar-refractivity contribution in [2.45, 2.75) is 5.92 Å². The van der Waals surface area contributed by atoms with Crippen molar-refractivity contribution < 1.29 is 0 Å². The lowest BCUT2D eigenvalue weighted by atomic mass is 9.91. The Bertz CT molecular complexity index is 1520. The number of nitrogens with one attached hydrogen (secondary N) is 2. The first-order valence-corrected chi connectivity index (χ1v) is 11.3. The maximum Gasteiger partial charge on any atom is 0.162 e. The Labute approximate surface area is 196 Å². The number of hydrogen-bond acceptors (Lipinski definition) is 5. The molecular formula is C28H22N6. The van der Waals surface area contributed by atoms with Gasteiger partial charge in [-0.2, -0.15) is 0 Å². The first-order chi connectivity index (χ1) is 16.8. The summed E-state index contributed by atoms with van der Waals surface area (Å²) in [4.78, 5) is 9.77. The van der Waals surface area contributed by atoms with Gasteiger partial charge < -0.3 is 5.32 Å². The Hall–Kier alpha value is -4.58. The molecule has 0 fully saturated rings. The van der Waals surface area contributed by atoms with E-state index < -0.39 is 0 Å². The number of anilines is 1. The first-order valence-electron chi connectivity index (χ1n) is 11.3. The number of rotatable bonds is 6. The molecule has 2 heterocycles. The van der Waals surface area contributed by atoms with Gasteiger partial charge in [-0.05, 0) is 41.5 Å². The quantitative estimate of drug-likeness (QED) is 0.340. The zero-order valence-electron chi connectivity index (χ0n) is 18.4. The van der Waals surface area contributed by atoms with E-state index in [9.17, 15) is 0 Å². The molecule has 6 aromatic rings. The van der Waals surface area contributed by atoms with Gasteiger partial charge in [0.1, 0.15) is 11.3 Å². The van der Waals surface area contributed by atoms with Gasteiger partial charge in [0, 0.05) is 23.4 Å². The van der Waals surface area contributed by atoms with Gasteiger partial charge in [0.15, 0.2) is 5.82 Å². The topological polar surface area (TPSA) is 79.4 Å². The number of hydrogen-bond donors (Lipinski definition) is 2. The molecule has 0 aliphatic carbocycles. The molecule has 0 saturated carbocycles. The summed E-state index contributed by atoms with van der Waals surface area (Å²) in [6.45, 7) is 0.705. The maximum atomic E-state index is 4.94. The summed E-state index contributed by atoms with van der Waals surface area (Å²) in [6.07, 6.45) is 0. The lowest BCUT2D eigenvalue weighted by Gasteiger charge is -2.20. The Balaban J connectivity index is 1.40. The average Bonchev–Trinajstić information content (AvgIpc) is 3.38. The number of para-hydroxylation sites is 1. The average molecular weight is 443 g/mol. The zero-order valence-corrected chi connectivity index (χ0v) is 18.4. The molecule has 6 rings (SSSR count). The highest BCUT2D eigenvalue weighted by atomic mass is 15.3. The largest absolute Gasteiger partial charge is 0.368 e. The Morgan fingerprint density at radius 3 is 2.18 bits per heavy atom. The van der Waals surface area contributed by atoms with Crippen LogP contribution >= 0.6 is 0 Å². The number of aromatic nitrogens is 5. The third-order valence-electron chi connectivity index (χ3n) is 6.06. The summed E-state index contributed by atoms with van der Waals surface area (Å²) in [5.74, 6) is 1.66. The van der Waals surface area contributed by atoms with Crippen LogP contribution in [0.1, 0.15) is 17.0 Å². The second kappa shape index (κ2) is 8.75. The lowest BCUT2D eigenvalue weighted by molar-refractivity contribution is 0.849. The van der Waals surface area contributed by atoms with Gasteiger partial charge in [0.25, 0.3) is 0 Å². The molecule has 0 radical (unpaired) electrons. The summed E-state index contributed by atoms with van der Waals surface area (Å²) in [5.41, 5.74) is 5.99. The van der Waals surface area contributed by atoms with Gasteiger partial charge in [-0.1, -0.05) is 78.0 Å². The second-order valence-corrected chi connectivity index (χ2v) is 8.21. The summed E-state index contributed by atoms with van der Waals surface area (Å²) < 4.78 is 0. The predicted molar refractivity (Wildman–Crippen MR) is 136 cm³/mol. The highest BCUT2D eigenvalue weighted by Crippen LogP contribution is 2.29. The number of nitrogens with zero attached hydrogens (tertiary/aromatic N) is 4. The van der Waals surface area contributed by atoms with Crippen LogP contribution in [0.4, 0.5) is 5.82 Å². The van der Waals surface area contributed by atoms with E-state index >= 15 is 0 Å². The molecular weight excluding hydrogens is 420 g/mol. The Morgan fingerprint density at radius 1 is 0.706 bits per heavy atom. The van der Waals surface area contributed by atoms with Crippen LogP contribution in [0.5, 0.6) is 0 Å². The number of fused-ring (bicyclic) bond motifs is 2. The van der Waals surface area contributed by atoms with Gasteiger partial charge in [-0.25, -0.2) is 9.97 Å². The van der Waals surface area contributed by atoms with Gasteiger partial charge in [-0.3, -0.25) is 5.10 Å². The Kier molecular flexibility index (Phi) is 5.16.